The molecule has 3 aromatic rings. The maximum Gasteiger partial charge on any atom is 0.352 e. The fourth-order valence-corrected chi connectivity index (χ4v) is 3.40. The van der Waals surface area contributed by atoms with Gasteiger partial charge in [-0.3, -0.25) is 4.57 Å². The van der Waals surface area contributed by atoms with E-state index in [1.54, 1.807) is 24.3 Å². The van der Waals surface area contributed by atoms with Crippen molar-refractivity contribution < 1.29 is 4.39 Å². The van der Waals surface area contributed by atoms with E-state index in [0.29, 0.717) is 17.5 Å². The minimum atomic E-state index is -0.360. The molecule has 1 fully saturated rings. The van der Waals surface area contributed by atoms with Gasteiger partial charge in [-0.05, 0) is 48.4 Å². The highest BCUT2D eigenvalue weighted by molar-refractivity contribution is 6.30. The summed E-state index contributed by atoms with van der Waals surface area (Å²) in [6, 6.07) is 13.9. The third kappa shape index (κ3) is 4.31. The summed E-state index contributed by atoms with van der Waals surface area (Å²) in [5.74, 6) is 0.0773. The van der Waals surface area contributed by atoms with Crippen LogP contribution in [0.15, 0.2) is 59.7 Å². The summed E-state index contributed by atoms with van der Waals surface area (Å²) in [7, 11) is 0. The van der Waals surface area contributed by atoms with Gasteiger partial charge in [0.15, 0.2) is 0 Å². The molecule has 1 aliphatic heterocycles. The van der Waals surface area contributed by atoms with Gasteiger partial charge in [-0.1, -0.05) is 23.7 Å². The van der Waals surface area contributed by atoms with Gasteiger partial charge in [0.25, 0.3) is 0 Å². The predicted molar refractivity (Wildman–Crippen MR) is 107 cm³/mol. The lowest BCUT2D eigenvalue weighted by Crippen LogP contribution is -2.30. The molecule has 0 spiro atoms. The summed E-state index contributed by atoms with van der Waals surface area (Å²) in [6.45, 7) is 1.97. The first-order valence-corrected chi connectivity index (χ1v) is 9.39. The van der Waals surface area contributed by atoms with Crippen LogP contribution < -0.4 is 15.9 Å². The average molecular weight is 400 g/mol. The van der Waals surface area contributed by atoms with E-state index in [2.05, 4.69) is 20.2 Å². The van der Waals surface area contributed by atoms with Gasteiger partial charge >= 0.3 is 5.69 Å². The van der Waals surface area contributed by atoms with Crippen molar-refractivity contribution in [2.45, 2.75) is 19.0 Å². The quantitative estimate of drug-likeness (QED) is 0.714. The molecule has 0 bridgehead atoms. The van der Waals surface area contributed by atoms with Gasteiger partial charge in [-0.15, -0.1) is 0 Å². The highest BCUT2D eigenvalue weighted by Crippen LogP contribution is 2.21. The molecule has 144 valence electrons. The maximum absolute atomic E-state index is 13.1. The Bertz CT molecular complexity index is 1010. The average Bonchev–Trinajstić information content (AvgIpc) is 3.15. The van der Waals surface area contributed by atoms with E-state index >= 15 is 0 Å². The van der Waals surface area contributed by atoms with Gasteiger partial charge < -0.3 is 10.2 Å². The Balaban J connectivity index is 1.39. The van der Waals surface area contributed by atoms with Crippen LogP contribution >= 0.6 is 11.6 Å². The number of hydrogen-bond donors (Lipinski definition) is 1. The lowest BCUT2D eigenvalue weighted by molar-refractivity contribution is 0.627. The van der Waals surface area contributed by atoms with E-state index in [0.717, 1.165) is 30.8 Å². The minimum Gasteiger partial charge on any atom is -0.369 e. The van der Waals surface area contributed by atoms with Gasteiger partial charge in [0.1, 0.15) is 12.1 Å². The predicted octanol–water partition coefficient (Wildman–Crippen LogP) is 3.17. The molecule has 1 atom stereocenters. The van der Waals surface area contributed by atoms with E-state index in [4.69, 9.17) is 11.6 Å². The molecule has 1 N–H and O–H groups in total. The second-order valence-corrected chi connectivity index (χ2v) is 7.21. The lowest BCUT2D eigenvalue weighted by Gasteiger charge is -2.19. The van der Waals surface area contributed by atoms with Gasteiger partial charge in [0.2, 0.25) is 5.95 Å². The number of nitrogens with one attached hydrogen (secondary N) is 1. The molecular formula is C20H19ClFN5O. The van der Waals surface area contributed by atoms with Crippen molar-refractivity contribution in [1.82, 2.24) is 14.5 Å². The lowest BCUT2D eigenvalue weighted by atomic mass is 10.2. The van der Waals surface area contributed by atoms with E-state index < -0.39 is 0 Å². The van der Waals surface area contributed by atoms with E-state index in [1.165, 1.54) is 23.0 Å². The van der Waals surface area contributed by atoms with Gasteiger partial charge in [-0.25, -0.2) is 14.2 Å². The molecule has 0 amide bonds. The summed E-state index contributed by atoms with van der Waals surface area (Å²) >= 11 is 5.88. The third-order valence-corrected chi connectivity index (χ3v) is 5.00. The van der Waals surface area contributed by atoms with Crippen LogP contribution in [0.3, 0.4) is 0 Å². The minimum absolute atomic E-state index is 0.122. The maximum atomic E-state index is 13.1. The smallest absolute Gasteiger partial charge is 0.352 e. The number of benzene rings is 2. The van der Waals surface area contributed by atoms with Crippen LogP contribution in [0.2, 0.25) is 5.02 Å². The monoisotopic (exact) mass is 399 g/mol. The molecule has 0 unspecified atom stereocenters. The molecule has 0 aliphatic carbocycles. The van der Waals surface area contributed by atoms with Crippen LogP contribution in [0, 0.1) is 5.82 Å². The SMILES string of the molecule is O=c1nc(N[C@@H]2CCN(c3ccc(F)cc3)C2)ncn1Cc1ccc(Cl)cc1. The molecule has 1 saturated heterocycles. The summed E-state index contributed by atoms with van der Waals surface area (Å²) in [6.07, 6.45) is 2.38. The molecule has 0 saturated carbocycles. The molecule has 6 nitrogen and oxygen atoms in total. The van der Waals surface area contributed by atoms with Crippen molar-refractivity contribution >= 4 is 23.2 Å². The van der Waals surface area contributed by atoms with Crippen LogP contribution in [0.4, 0.5) is 16.0 Å². The van der Waals surface area contributed by atoms with Gasteiger partial charge in [-0.2, -0.15) is 4.98 Å². The molecular weight excluding hydrogens is 381 g/mol. The highest BCUT2D eigenvalue weighted by atomic mass is 35.5. The Hall–Kier alpha value is -2.93. The Morgan fingerprint density at radius 1 is 1.14 bits per heavy atom. The summed E-state index contributed by atoms with van der Waals surface area (Å²) in [5, 5.41) is 3.87. The standard InChI is InChI=1S/C20H19ClFN5O/c21-15-3-1-14(2-4-15)11-27-13-23-19(25-20(27)28)24-17-9-10-26(12-17)18-7-5-16(22)6-8-18/h1-8,13,17H,9-12H2,(H,24,25,28)/t17-/m1/s1. The Kier molecular flexibility index (Phi) is 5.25. The number of aromatic nitrogens is 3. The Morgan fingerprint density at radius 3 is 2.61 bits per heavy atom. The second-order valence-electron chi connectivity index (χ2n) is 6.77. The van der Waals surface area contributed by atoms with Crippen LogP contribution in [0.1, 0.15) is 12.0 Å². The number of anilines is 2. The van der Waals surface area contributed by atoms with Crippen LogP contribution in [0.25, 0.3) is 0 Å². The summed E-state index contributed by atoms with van der Waals surface area (Å²) in [4.78, 5) is 22.8. The zero-order valence-corrected chi connectivity index (χ0v) is 15.8. The van der Waals surface area contributed by atoms with Crippen LogP contribution in [0.5, 0.6) is 0 Å². The zero-order valence-electron chi connectivity index (χ0n) is 15.1. The Labute approximate surface area is 166 Å². The molecule has 28 heavy (non-hydrogen) atoms. The number of rotatable bonds is 5. The fraction of sp³-hybridized carbons (Fsp3) is 0.250. The first-order valence-electron chi connectivity index (χ1n) is 9.02. The van der Waals surface area contributed by atoms with E-state index in [9.17, 15) is 9.18 Å². The normalized spacial score (nSPS) is 16.4. The molecule has 8 heteroatoms. The zero-order chi connectivity index (χ0) is 19.5. The van der Waals surface area contributed by atoms with E-state index in [1.807, 2.05) is 12.1 Å². The fourth-order valence-electron chi connectivity index (χ4n) is 3.27. The summed E-state index contributed by atoms with van der Waals surface area (Å²) in [5.41, 5.74) is 1.56. The third-order valence-electron chi connectivity index (χ3n) is 4.75. The number of hydrogen-bond acceptors (Lipinski definition) is 5. The van der Waals surface area contributed by atoms with Gasteiger partial charge in [0, 0.05) is 29.8 Å². The topological polar surface area (TPSA) is 63.1 Å². The summed E-state index contributed by atoms with van der Waals surface area (Å²) < 4.78 is 14.5. The Morgan fingerprint density at radius 2 is 1.89 bits per heavy atom. The number of halogens is 2. The van der Waals surface area contributed by atoms with E-state index in [-0.39, 0.29) is 17.5 Å². The molecule has 0 radical (unpaired) electrons. The van der Waals surface area contributed by atoms with Crippen molar-refractivity contribution in [2.24, 2.45) is 0 Å². The van der Waals surface area contributed by atoms with Crippen molar-refractivity contribution in [3.63, 3.8) is 0 Å². The van der Waals surface area contributed by atoms with Gasteiger partial charge in [0.05, 0.1) is 6.54 Å². The van der Waals surface area contributed by atoms with Crippen LogP contribution in [-0.2, 0) is 6.54 Å². The molecule has 1 aromatic heterocycles. The number of nitrogens with zero attached hydrogens (tertiary/aromatic N) is 4. The van der Waals surface area contributed by atoms with Crippen molar-refractivity contribution in [1.29, 1.82) is 0 Å². The van der Waals surface area contributed by atoms with Crippen LogP contribution in [-0.4, -0.2) is 33.7 Å². The largest absolute Gasteiger partial charge is 0.369 e. The first kappa shape index (κ1) is 18.4. The second kappa shape index (κ2) is 7.98. The highest BCUT2D eigenvalue weighted by Gasteiger charge is 2.23. The van der Waals surface area contributed by atoms with Crippen molar-refractivity contribution in [3.8, 4) is 0 Å². The molecule has 4 rings (SSSR count). The molecule has 2 heterocycles. The first-order chi connectivity index (χ1) is 13.6. The van der Waals surface area contributed by atoms with Crippen molar-refractivity contribution in [2.75, 3.05) is 23.3 Å². The molecule has 2 aromatic carbocycles. The molecule has 1 aliphatic rings. The van der Waals surface area contributed by atoms with Crippen molar-refractivity contribution in [3.05, 3.63) is 81.7 Å².